The third-order valence-corrected chi connectivity index (χ3v) is 4.97. The molecule has 0 N–H and O–H groups in total. The van der Waals surface area contributed by atoms with Crippen LogP contribution in [0.4, 0.5) is 0 Å². The van der Waals surface area contributed by atoms with E-state index in [4.69, 9.17) is 14.2 Å². The minimum Gasteiger partial charge on any atom is -0.468 e. The van der Waals surface area contributed by atoms with Crippen molar-refractivity contribution in [1.82, 2.24) is 0 Å². The van der Waals surface area contributed by atoms with Crippen LogP contribution in [0.25, 0.3) is 0 Å². The van der Waals surface area contributed by atoms with Crippen LogP contribution in [0.1, 0.15) is 27.4 Å². The number of esters is 1. The summed E-state index contributed by atoms with van der Waals surface area (Å²) < 4.78 is 16.6. The van der Waals surface area contributed by atoms with Gasteiger partial charge < -0.3 is 14.2 Å². The van der Waals surface area contributed by atoms with Crippen molar-refractivity contribution in [2.24, 2.45) is 5.92 Å². The number of rotatable bonds is 2. The molecule has 0 saturated heterocycles. The molecule has 6 heteroatoms. The van der Waals surface area contributed by atoms with Gasteiger partial charge in [0.2, 0.25) is 6.79 Å². The first-order valence-electron chi connectivity index (χ1n) is 7.41. The molecular weight excluding hydrogens is 376 g/mol. The van der Waals surface area contributed by atoms with Crippen molar-refractivity contribution < 1.29 is 23.8 Å². The first-order chi connectivity index (χ1) is 11.6. The van der Waals surface area contributed by atoms with Gasteiger partial charge in [-0.1, -0.05) is 28.1 Å². The Bertz CT molecular complexity index is 843. The van der Waals surface area contributed by atoms with Gasteiger partial charge in [-0.3, -0.25) is 9.59 Å². The van der Waals surface area contributed by atoms with Crippen molar-refractivity contribution in [2.45, 2.75) is 5.92 Å². The molecule has 2 aromatic carbocycles. The zero-order valence-corrected chi connectivity index (χ0v) is 14.3. The second-order valence-electron chi connectivity index (χ2n) is 5.69. The van der Waals surface area contributed by atoms with E-state index in [0.29, 0.717) is 17.1 Å². The van der Waals surface area contributed by atoms with Crippen LogP contribution in [0.3, 0.4) is 0 Å². The summed E-state index contributed by atoms with van der Waals surface area (Å²) in [6.07, 6.45) is 0. The first kappa shape index (κ1) is 15.2. The summed E-state index contributed by atoms with van der Waals surface area (Å²) in [5.41, 5.74) is 2.13. The van der Waals surface area contributed by atoms with Gasteiger partial charge in [-0.2, -0.15) is 0 Å². The highest BCUT2D eigenvalue weighted by atomic mass is 79.9. The fraction of sp³-hybridized carbons (Fsp3) is 0.222. The molecule has 0 radical (unpaired) electrons. The number of ketones is 1. The zero-order valence-electron chi connectivity index (χ0n) is 12.7. The lowest BCUT2D eigenvalue weighted by Gasteiger charge is -2.18. The lowest BCUT2D eigenvalue weighted by atomic mass is 9.85. The standard InChI is InChI=1S/C18H13BrO5/c1-22-18(21)16-15(9-2-4-10(19)5-3-9)11-6-13-14(24-8-23-13)7-12(11)17(16)20/h2-7,15-16H,8H2,1H3/t15-,16+/m1/s1. The Morgan fingerprint density at radius 2 is 1.83 bits per heavy atom. The third kappa shape index (κ3) is 2.21. The monoisotopic (exact) mass is 388 g/mol. The number of ether oxygens (including phenoxy) is 3. The van der Waals surface area contributed by atoms with Crippen molar-refractivity contribution in [1.29, 1.82) is 0 Å². The van der Waals surface area contributed by atoms with Crippen LogP contribution in [0.15, 0.2) is 40.9 Å². The lowest BCUT2D eigenvalue weighted by Crippen LogP contribution is -2.26. The summed E-state index contributed by atoms with van der Waals surface area (Å²) in [5.74, 6) is -0.957. The zero-order chi connectivity index (χ0) is 16.8. The molecule has 1 aliphatic carbocycles. The van der Waals surface area contributed by atoms with E-state index in [1.807, 2.05) is 24.3 Å². The highest BCUT2D eigenvalue weighted by Crippen LogP contribution is 2.48. The highest BCUT2D eigenvalue weighted by Gasteiger charge is 2.46. The number of hydrogen-bond acceptors (Lipinski definition) is 5. The molecule has 2 aromatic rings. The third-order valence-electron chi connectivity index (χ3n) is 4.45. The lowest BCUT2D eigenvalue weighted by molar-refractivity contribution is -0.143. The fourth-order valence-corrected chi connectivity index (χ4v) is 3.60. The molecule has 2 atom stereocenters. The number of methoxy groups -OCH3 is 1. The molecule has 0 bridgehead atoms. The molecule has 1 aliphatic heterocycles. The van der Waals surface area contributed by atoms with Gasteiger partial charge in [0.15, 0.2) is 17.3 Å². The summed E-state index contributed by atoms with van der Waals surface area (Å²) in [6.45, 7) is 0.135. The van der Waals surface area contributed by atoms with Gasteiger partial charge in [0.25, 0.3) is 0 Å². The predicted molar refractivity (Wildman–Crippen MR) is 88.4 cm³/mol. The van der Waals surface area contributed by atoms with Gasteiger partial charge in [0.1, 0.15) is 5.92 Å². The Morgan fingerprint density at radius 1 is 1.17 bits per heavy atom. The van der Waals surface area contributed by atoms with Crippen LogP contribution in [-0.4, -0.2) is 25.7 Å². The quantitative estimate of drug-likeness (QED) is 0.583. The average Bonchev–Trinajstić information content (AvgIpc) is 3.16. The van der Waals surface area contributed by atoms with Crippen molar-refractivity contribution in [2.75, 3.05) is 13.9 Å². The van der Waals surface area contributed by atoms with Gasteiger partial charge in [0.05, 0.1) is 7.11 Å². The van der Waals surface area contributed by atoms with E-state index in [1.54, 1.807) is 12.1 Å². The number of hydrogen-bond donors (Lipinski definition) is 0. The maximum Gasteiger partial charge on any atom is 0.317 e. The predicted octanol–water partition coefficient (Wildman–Crippen LogP) is 3.30. The molecule has 122 valence electrons. The maximum atomic E-state index is 12.8. The Labute approximate surface area is 146 Å². The van der Waals surface area contributed by atoms with Crippen molar-refractivity contribution in [3.05, 3.63) is 57.6 Å². The van der Waals surface area contributed by atoms with Gasteiger partial charge in [0, 0.05) is 16.0 Å². The van der Waals surface area contributed by atoms with Crippen molar-refractivity contribution >= 4 is 27.7 Å². The van der Waals surface area contributed by atoms with Gasteiger partial charge in [-0.25, -0.2) is 0 Å². The van der Waals surface area contributed by atoms with E-state index in [1.165, 1.54) is 7.11 Å². The number of halogens is 1. The maximum absolute atomic E-state index is 12.8. The number of carbonyl (C=O) groups is 2. The Balaban J connectivity index is 1.90. The van der Waals surface area contributed by atoms with E-state index < -0.39 is 17.8 Å². The van der Waals surface area contributed by atoms with Crippen molar-refractivity contribution in [3.63, 3.8) is 0 Å². The van der Waals surface area contributed by atoms with Crippen LogP contribution < -0.4 is 9.47 Å². The smallest absolute Gasteiger partial charge is 0.317 e. The number of benzene rings is 2. The van der Waals surface area contributed by atoms with Crippen LogP contribution in [-0.2, 0) is 9.53 Å². The Morgan fingerprint density at radius 3 is 2.50 bits per heavy atom. The van der Waals surface area contributed by atoms with Gasteiger partial charge >= 0.3 is 5.97 Å². The molecular formula is C18H13BrO5. The molecule has 0 fully saturated rings. The second-order valence-corrected chi connectivity index (χ2v) is 6.60. The molecule has 1 heterocycles. The Hall–Kier alpha value is -2.34. The van der Waals surface area contributed by atoms with Gasteiger partial charge in [-0.15, -0.1) is 0 Å². The molecule has 24 heavy (non-hydrogen) atoms. The molecule has 5 nitrogen and oxygen atoms in total. The summed E-state index contributed by atoms with van der Waals surface area (Å²) in [4.78, 5) is 25.1. The SMILES string of the molecule is COC(=O)[C@@H]1C(=O)c2cc3c(cc2[C@H]1c1ccc(Br)cc1)OCO3. The summed E-state index contributed by atoms with van der Waals surface area (Å²) >= 11 is 3.40. The van der Waals surface area contributed by atoms with E-state index in [0.717, 1.165) is 15.6 Å². The molecule has 2 aliphatic rings. The van der Waals surface area contributed by atoms with Crippen LogP contribution in [0, 0.1) is 5.92 Å². The van der Waals surface area contributed by atoms with Crippen LogP contribution in [0.5, 0.6) is 11.5 Å². The molecule has 0 saturated carbocycles. The normalized spacial score (nSPS) is 20.8. The van der Waals surface area contributed by atoms with E-state index in [9.17, 15) is 9.59 Å². The molecule has 4 rings (SSSR count). The minimum atomic E-state index is -0.895. The fourth-order valence-electron chi connectivity index (χ4n) is 3.34. The second kappa shape index (κ2) is 5.63. The Kier molecular flexibility index (Phi) is 3.57. The topological polar surface area (TPSA) is 61.8 Å². The van der Waals surface area contributed by atoms with Gasteiger partial charge in [-0.05, 0) is 35.4 Å². The number of Topliss-reactive ketones (excluding diaryl/α,β-unsaturated/α-hetero) is 1. The number of fused-ring (bicyclic) bond motifs is 2. The van der Waals surface area contributed by atoms with Crippen molar-refractivity contribution in [3.8, 4) is 11.5 Å². The van der Waals surface area contributed by atoms with E-state index in [-0.39, 0.29) is 12.6 Å². The van der Waals surface area contributed by atoms with Crippen LogP contribution in [0.2, 0.25) is 0 Å². The summed E-state index contributed by atoms with van der Waals surface area (Å²) in [6, 6.07) is 11.0. The van der Waals surface area contributed by atoms with E-state index >= 15 is 0 Å². The minimum absolute atomic E-state index is 0.135. The molecule has 0 aromatic heterocycles. The summed E-state index contributed by atoms with van der Waals surface area (Å²) in [5, 5.41) is 0. The molecule has 0 spiro atoms. The highest BCUT2D eigenvalue weighted by molar-refractivity contribution is 9.10. The molecule has 0 unspecified atom stereocenters. The largest absolute Gasteiger partial charge is 0.468 e. The summed E-state index contributed by atoms with van der Waals surface area (Å²) in [7, 11) is 1.30. The first-order valence-corrected chi connectivity index (χ1v) is 8.20. The number of carbonyl (C=O) groups excluding carboxylic acids is 2. The average molecular weight is 389 g/mol. The van der Waals surface area contributed by atoms with Crippen LogP contribution >= 0.6 is 15.9 Å². The van der Waals surface area contributed by atoms with E-state index in [2.05, 4.69) is 15.9 Å². The molecule has 0 amide bonds.